The maximum Gasteiger partial charge on any atom is 0.0579 e. The van der Waals surface area contributed by atoms with Crippen LogP contribution in [0, 0.1) is 0 Å². The summed E-state index contributed by atoms with van der Waals surface area (Å²) in [7, 11) is -0.111. The number of hydrogen-bond acceptors (Lipinski definition) is 2. The summed E-state index contributed by atoms with van der Waals surface area (Å²) in [6.45, 7) is 0. The first-order valence-electron chi connectivity index (χ1n) is 3.28. The predicted molar refractivity (Wildman–Crippen MR) is 57.1 cm³/mol. The van der Waals surface area contributed by atoms with Crippen LogP contribution in [0.5, 0.6) is 0 Å². The fraction of sp³-hybridized carbons (Fsp3) is 0. The molecular weight excluding hydrogens is 192 g/mol. The van der Waals surface area contributed by atoms with Crippen molar-refractivity contribution in [2.24, 2.45) is 0 Å². The third kappa shape index (κ3) is 1.55. The molecule has 2 heterocycles. The van der Waals surface area contributed by atoms with Crippen LogP contribution in [0.3, 0.4) is 0 Å². The van der Waals surface area contributed by atoms with Gasteiger partial charge in [0.05, 0.1) is 4.21 Å². The van der Waals surface area contributed by atoms with Gasteiger partial charge in [0.15, 0.2) is 0 Å². The maximum atomic E-state index is 4.28. The number of allylic oxidation sites excluding steroid dienone is 2. The highest BCUT2D eigenvalue weighted by molar-refractivity contribution is 8.23. The second kappa shape index (κ2) is 3.09. The van der Waals surface area contributed by atoms with Crippen LogP contribution >= 0.6 is 34.9 Å². The zero-order chi connectivity index (χ0) is 7.68. The van der Waals surface area contributed by atoms with Gasteiger partial charge in [-0.3, -0.25) is 0 Å². The molecule has 1 aliphatic rings. The summed E-state index contributed by atoms with van der Waals surface area (Å²) in [6, 6.07) is 4.23. The van der Waals surface area contributed by atoms with Gasteiger partial charge in [-0.1, -0.05) is 12.2 Å². The highest BCUT2D eigenvalue weighted by atomic mass is 32.2. The number of rotatable bonds is 1. The molecule has 0 fully saturated rings. The minimum Gasteiger partial charge on any atom is -0.177 e. The van der Waals surface area contributed by atoms with Gasteiger partial charge in [0.1, 0.15) is 0 Å². The summed E-state index contributed by atoms with van der Waals surface area (Å²) < 4.78 is 2.55. The van der Waals surface area contributed by atoms with Gasteiger partial charge in [-0.25, -0.2) is 0 Å². The maximum absolute atomic E-state index is 4.28. The van der Waals surface area contributed by atoms with Gasteiger partial charge in [0, 0.05) is 4.21 Å². The molecule has 3 heteroatoms. The van der Waals surface area contributed by atoms with Gasteiger partial charge < -0.3 is 0 Å². The van der Waals surface area contributed by atoms with Crippen molar-refractivity contribution in [1.82, 2.24) is 0 Å². The molecule has 0 aliphatic carbocycles. The molecule has 1 aromatic rings. The quantitative estimate of drug-likeness (QED) is 0.638. The Morgan fingerprint density at radius 1 is 1.18 bits per heavy atom. The van der Waals surface area contributed by atoms with Crippen molar-refractivity contribution in [3.05, 3.63) is 35.1 Å². The van der Waals surface area contributed by atoms with Crippen molar-refractivity contribution in [2.45, 2.75) is 8.42 Å². The second-order valence-electron chi connectivity index (χ2n) is 2.20. The fourth-order valence-electron chi connectivity index (χ4n) is 0.938. The van der Waals surface area contributed by atoms with Crippen molar-refractivity contribution in [3.8, 4) is 0 Å². The Hall–Kier alpha value is -0.120. The number of thiophene rings is 1. The fourth-order valence-corrected chi connectivity index (χ4v) is 4.30. The number of hydrogen-bond donors (Lipinski definition) is 2. The van der Waals surface area contributed by atoms with Gasteiger partial charge in [0.2, 0.25) is 0 Å². The van der Waals surface area contributed by atoms with Crippen molar-refractivity contribution >= 4 is 34.9 Å². The van der Waals surface area contributed by atoms with Crippen LogP contribution < -0.4 is 0 Å². The smallest absolute Gasteiger partial charge is 0.0579 e. The van der Waals surface area contributed by atoms with E-state index in [0.29, 0.717) is 0 Å². The third-order valence-electron chi connectivity index (χ3n) is 1.44. The van der Waals surface area contributed by atoms with E-state index in [2.05, 4.69) is 47.7 Å². The summed E-state index contributed by atoms with van der Waals surface area (Å²) in [5.74, 6) is 0. The van der Waals surface area contributed by atoms with E-state index in [1.807, 2.05) is 0 Å². The summed E-state index contributed by atoms with van der Waals surface area (Å²) in [5, 5.41) is 4.52. The van der Waals surface area contributed by atoms with Crippen molar-refractivity contribution in [2.75, 3.05) is 0 Å². The van der Waals surface area contributed by atoms with Crippen LogP contribution in [-0.2, 0) is 0 Å². The van der Waals surface area contributed by atoms with E-state index in [1.54, 1.807) is 11.3 Å². The molecule has 0 nitrogen and oxygen atoms in total. The molecule has 0 spiro atoms. The number of thiol groups is 2. The van der Waals surface area contributed by atoms with Crippen LogP contribution in [-0.4, -0.2) is 0 Å². The zero-order valence-corrected chi connectivity index (χ0v) is 8.37. The Morgan fingerprint density at radius 2 is 1.91 bits per heavy atom. The first-order chi connectivity index (χ1) is 5.36. The largest absolute Gasteiger partial charge is 0.177 e. The third-order valence-corrected chi connectivity index (χ3v) is 5.10. The van der Waals surface area contributed by atoms with E-state index in [-0.39, 0.29) is 10.9 Å². The molecule has 0 atom stereocenters. The van der Waals surface area contributed by atoms with Crippen molar-refractivity contribution in [1.29, 1.82) is 0 Å². The lowest BCUT2D eigenvalue weighted by atomic mass is 10.6. The highest BCUT2D eigenvalue weighted by Crippen LogP contribution is 2.45. The van der Waals surface area contributed by atoms with Gasteiger partial charge in [0.25, 0.3) is 0 Å². The highest BCUT2D eigenvalue weighted by Gasteiger charge is 2.04. The molecule has 11 heavy (non-hydrogen) atoms. The summed E-state index contributed by atoms with van der Waals surface area (Å²) in [6.07, 6.45) is 4.23. The summed E-state index contributed by atoms with van der Waals surface area (Å²) in [5.41, 5.74) is 0. The molecule has 0 saturated heterocycles. The minimum atomic E-state index is -0.111. The summed E-state index contributed by atoms with van der Waals surface area (Å²) in [4.78, 5) is 0. The SMILES string of the molecule is Sc1ccc([SH]2C=CC=C2)s1. The monoisotopic (exact) mass is 200 g/mol. The Morgan fingerprint density at radius 3 is 2.45 bits per heavy atom. The van der Waals surface area contributed by atoms with Gasteiger partial charge in [-0.2, -0.15) is 10.9 Å². The molecule has 0 saturated carbocycles. The molecule has 0 radical (unpaired) electrons. The van der Waals surface area contributed by atoms with Crippen LogP contribution in [0.2, 0.25) is 0 Å². The first-order valence-corrected chi connectivity index (χ1v) is 6.03. The van der Waals surface area contributed by atoms with Crippen LogP contribution in [0.15, 0.2) is 43.5 Å². The Labute approximate surface area is 78.4 Å². The Balaban J connectivity index is 2.29. The molecule has 0 aromatic carbocycles. The van der Waals surface area contributed by atoms with E-state index in [9.17, 15) is 0 Å². The molecule has 2 rings (SSSR count). The van der Waals surface area contributed by atoms with E-state index >= 15 is 0 Å². The van der Waals surface area contributed by atoms with Crippen LogP contribution in [0.4, 0.5) is 0 Å². The van der Waals surface area contributed by atoms with Gasteiger partial charge in [-0.15, -0.1) is 24.0 Å². The first kappa shape index (κ1) is 7.53. The van der Waals surface area contributed by atoms with E-state index in [1.165, 1.54) is 4.21 Å². The van der Waals surface area contributed by atoms with E-state index < -0.39 is 0 Å². The lowest BCUT2D eigenvalue weighted by Gasteiger charge is -2.04. The van der Waals surface area contributed by atoms with Gasteiger partial charge in [-0.05, 0) is 22.9 Å². The normalized spacial score (nSPS) is 18.1. The Bertz CT molecular complexity index is 297. The topological polar surface area (TPSA) is 0 Å². The lowest BCUT2D eigenvalue weighted by molar-refractivity contribution is 1.69. The van der Waals surface area contributed by atoms with E-state index in [0.717, 1.165) is 4.21 Å². The average Bonchev–Trinajstić information content (AvgIpc) is 2.55. The molecule has 0 bridgehead atoms. The average molecular weight is 200 g/mol. The van der Waals surface area contributed by atoms with E-state index in [4.69, 9.17) is 0 Å². The minimum absolute atomic E-state index is 0.111. The zero-order valence-electron chi connectivity index (χ0n) is 5.77. The Kier molecular flexibility index (Phi) is 2.11. The molecule has 1 aromatic heterocycles. The standard InChI is InChI=1S/C8H8S3/c9-7-3-4-8(10-7)11-5-1-2-6-11/h1-6,9,11H. The molecule has 0 unspecified atom stereocenters. The molecule has 0 amide bonds. The van der Waals surface area contributed by atoms with Crippen molar-refractivity contribution in [3.63, 3.8) is 0 Å². The van der Waals surface area contributed by atoms with Crippen LogP contribution in [0.1, 0.15) is 0 Å². The molecular formula is C8H8S3. The second-order valence-corrected chi connectivity index (χ2v) is 6.27. The van der Waals surface area contributed by atoms with Gasteiger partial charge >= 0.3 is 0 Å². The molecule has 0 N–H and O–H groups in total. The summed E-state index contributed by atoms with van der Waals surface area (Å²) >= 11 is 6.05. The molecule has 1 aliphatic heterocycles. The molecule has 58 valence electrons. The lowest BCUT2D eigenvalue weighted by Crippen LogP contribution is -1.61. The predicted octanol–water partition coefficient (Wildman–Crippen LogP) is 3.44. The van der Waals surface area contributed by atoms with Crippen molar-refractivity contribution < 1.29 is 0 Å². The van der Waals surface area contributed by atoms with Crippen LogP contribution in [0.25, 0.3) is 0 Å².